The zero-order valence-corrected chi connectivity index (χ0v) is 7.62. The van der Waals surface area contributed by atoms with Gasteiger partial charge in [-0.15, -0.1) is 0 Å². The molecule has 0 unspecified atom stereocenters. The Labute approximate surface area is 73.5 Å². The molecule has 0 amide bonds. The van der Waals surface area contributed by atoms with Crippen LogP contribution in [-0.2, 0) is 0 Å². The third-order valence-corrected chi connectivity index (χ3v) is 1.72. The first kappa shape index (κ1) is 8.97. The van der Waals surface area contributed by atoms with Crippen LogP contribution < -0.4 is 4.90 Å². The molecule has 0 aliphatic heterocycles. The maximum atomic E-state index is 4.06. The lowest BCUT2D eigenvalue weighted by molar-refractivity contribution is 0.775. The van der Waals surface area contributed by atoms with Gasteiger partial charge in [0.2, 0.25) is 0 Å². The topological polar surface area (TPSA) is 29.0 Å². The van der Waals surface area contributed by atoms with Crippen LogP contribution in [0.15, 0.2) is 12.3 Å². The predicted octanol–water partition coefficient (Wildman–Crippen LogP) is 1.51. The highest BCUT2D eigenvalue weighted by molar-refractivity contribution is 5.35. The third-order valence-electron chi connectivity index (χ3n) is 1.72. The summed E-state index contributed by atoms with van der Waals surface area (Å²) in [6, 6.07) is 1.91. The first-order valence-corrected chi connectivity index (χ1v) is 4.32. The molecule has 0 spiro atoms. The lowest BCUT2D eigenvalue weighted by atomic mass is 10.4. The lowest BCUT2D eigenvalue weighted by Gasteiger charge is -2.20. The molecule has 0 aromatic carbocycles. The molecule has 0 aliphatic carbocycles. The molecule has 0 fully saturated rings. The predicted molar refractivity (Wildman–Crippen MR) is 49.0 cm³/mol. The second kappa shape index (κ2) is 4.70. The van der Waals surface area contributed by atoms with Gasteiger partial charge in [-0.3, -0.25) is 0 Å². The van der Waals surface area contributed by atoms with Crippen molar-refractivity contribution in [3.63, 3.8) is 0 Å². The summed E-state index contributed by atoms with van der Waals surface area (Å²) < 4.78 is 0. The highest BCUT2D eigenvalue weighted by atomic mass is 15.2. The van der Waals surface area contributed by atoms with Gasteiger partial charge in [0.05, 0.1) is 0 Å². The van der Waals surface area contributed by atoms with Gasteiger partial charge in [0.15, 0.2) is 6.33 Å². The van der Waals surface area contributed by atoms with Crippen molar-refractivity contribution in [3.05, 3.63) is 18.6 Å². The zero-order valence-electron chi connectivity index (χ0n) is 7.62. The first-order valence-electron chi connectivity index (χ1n) is 4.32. The molecule has 1 aromatic rings. The number of hydrogen-bond acceptors (Lipinski definition) is 3. The Morgan fingerprint density at radius 2 is 2.33 bits per heavy atom. The molecule has 1 radical (unpaired) electrons. The maximum absolute atomic E-state index is 4.06. The van der Waals surface area contributed by atoms with Gasteiger partial charge < -0.3 is 4.90 Å². The minimum atomic E-state index is 0.967. The number of hydrogen-bond donors (Lipinski definition) is 0. The number of nitrogens with zero attached hydrogens (tertiary/aromatic N) is 3. The van der Waals surface area contributed by atoms with E-state index in [0.717, 1.165) is 25.3 Å². The van der Waals surface area contributed by atoms with Gasteiger partial charge in [-0.25, -0.2) is 9.97 Å². The minimum absolute atomic E-state index is 0.967. The first-order chi connectivity index (χ1) is 5.88. The van der Waals surface area contributed by atoms with Crippen molar-refractivity contribution in [2.24, 2.45) is 0 Å². The van der Waals surface area contributed by atoms with Crippen molar-refractivity contribution in [1.82, 2.24) is 9.97 Å². The highest BCUT2D eigenvalue weighted by Gasteiger charge is 2.02. The molecule has 0 N–H and O–H groups in total. The van der Waals surface area contributed by atoms with Gasteiger partial charge in [0, 0.05) is 19.3 Å². The van der Waals surface area contributed by atoms with Crippen molar-refractivity contribution in [2.75, 3.05) is 18.0 Å². The Kier molecular flexibility index (Phi) is 3.51. The minimum Gasteiger partial charge on any atom is -0.357 e. The molecule has 0 atom stereocenters. The monoisotopic (exact) mass is 164 g/mol. The smallest absolute Gasteiger partial charge is 0.199 e. The molecule has 65 valence electrons. The quantitative estimate of drug-likeness (QED) is 0.675. The molecule has 1 rings (SSSR count). The van der Waals surface area contributed by atoms with E-state index in [9.17, 15) is 0 Å². The van der Waals surface area contributed by atoms with Crippen molar-refractivity contribution in [1.29, 1.82) is 0 Å². The van der Waals surface area contributed by atoms with E-state index in [1.165, 1.54) is 0 Å². The van der Waals surface area contributed by atoms with Gasteiger partial charge in [-0.05, 0) is 19.4 Å². The van der Waals surface area contributed by atoms with Crippen LogP contribution in [0.1, 0.15) is 20.3 Å². The number of aromatic nitrogens is 2. The molecule has 0 bridgehead atoms. The lowest BCUT2D eigenvalue weighted by Crippen LogP contribution is -2.24. The van der Waals surface area contributed by atoms with Gasteiger partial charge in [-0.2, -0.15) is 0 Å². The summed E-state index contributed by atoms with van der Waals surface area (Å²) in [5, 5.41) is 0. The maximum Gasteiger partial charge on any atom is 0.199 e. The average molecular weight is 164 g/mol. The second-order valence-corrected chi connectivity index (χ2v) is 2.59. The largest absolute Gasteiger partial charge is 0.357 e. The Hall–Kier alpha value is -1.12. The van der Waals surface area contributed by atoms with E-state index in [-0.39, 0.29) is 0 Å². The Morgan fingerprint density at radius 3 is 2.83 bits per heavy atom. The summed E-state index contributed by atoms with van der Waals surface area (Å²) in [5.41, 5.74) is 0. The summed E-state index contributed by atoms with van der Waals surface area (Å²) in [6.45, 7) is 6.31. The van der Waals surface area contributed by atoms with Gasteiger partial charge >= 0.3 is 0 Å². The van der Waals surface area contributed by atoms with Crippen LogP contribution >= 0.6 is 0 Å². The molecular formula is C9H14N3. The third kappa shape index (κ3) is 2.19. The Balaban J connectivity index is 2.66. The van der Waals surface area contributed by atoms with Crippen LogP contribution in [0.25, 0.3) is 0 Å². The fourth-order valence-electron chi connectivity index (χ4n) is 1.14. The normalized spacial score (nSPS) is 9.83. The summed E-state index contributed by atoms with van der Waals surface area (Å²) in [7, 11) is 0. The van der Waals surface area contributed by atoms with E-state index < -0.39 is 0 Å². The molecule has 1 heterocycles. The second-order valence-electron chi connectivity index (χ2n) is 2.59. The SMILES string of the molecule is CCCN(CC)c1ccn[c]n1. The zero-order chi connectivity index (χ0) is 8.81. The molecule has 1 aromatic heterocycles. The van der Waals surface area contributed by atoms with Crippen molar-refractivity contribution in [3.8, 4) is 0 Å². The molecule has 0 aliphatic rings. The van der Waals surface area contributed by atoms with Crippen LogP contribution in [-0.4, -0.2) is 23.1 Å². The average Bonchev–Trinajstić information content (AvgIpc) is 2.15. The van der Waals surface area contributed by atoms with E-state index in [4.69, 9.17) is 0 Å². The fraction of sp³-hybridized carbons (Fsp3) is 0.556. The van der Waals surface area contributed by atoms with E-state index in [1.54, 1.807) is 6.20 Å². The Morgan fingerprint density at radius 1 is 1.50 bits per heavy atom. The molecular weight excluding hydrogens is 150 g/mol. The molecule has 0 saturated heterocycles. The van der Waals surface area contributed by atoms with E-state index in [2.05, 4.69) is 35.0 Å². The van der Waals surface area contributed by atoms with Crippen molar-refractivity contribution < 1.29 is 0 Å². The molecule has 12 heavy (non-hydrogen) atoms. The van der Waals surface area contributed by atoms with Gasteiger partial charge in [0.1, 0.15) is 5.82 Å². The molecule has 3 heteroatoms. The van der Waals surface area contributed by atoms with Gasteiger partial charge in [0.25, 0.3) is 0 Å². The van der Waals surface area contributed by atoms with E-state index >= 15 is 0 Å². The highest BCUT2D eigenvalue weighted by Crippen LogP contribution is 2.07. The van der Waals surface area contributed by atoms with Crippen LogP contribution in [0.3, 0.4) is 0 Å². The summed E-state index contributed by atoms with van der Waals surface area (Å²) in [4.78, 5) is 10.0. The van der Waals surface area contributed by atoms with Crippen LogP contribution in [0.2, 0.25) is 0 Å². The van der Waals surface area contributed by atoms with Gasteiger partial charge in [-0.1, -0.05) is 6.92 Å². The Bertz CT molecular complexity index is 210. The van der Waals surface area contributed by atoms with E-state index in [0.29, 0.717) is 0 Å². The molecule has 3 nitrogen and oxygen atoms in total. The summed E-state index contributed by atoms with van der Waals surface area (Å²) in [6.07, 6.45) is 5.45. The van der Waals surface area contributed by atoms with Crippen LogP contribution in [0, 0.1) is 6.33 Å². The molecule has 0 saturated carbocycles. The van der Waals surface area contributed by atoms with Crippen LogP contribution in [0.5, 0.6) is 0 Å². The number of anilines is 1. The van der Waals surface area contributed by atoms with E-state index in [1.807, 2.05) is 6.07 Å². The summed E-state index contributed by atoms with van der Waals surface area (Å²) >= 11 is 0. The fourth-order valence-corrected chi connectivity index (χ4v) is 1.14. The number of rotatable bonds is 4. The van der Waals surface area contributed by atoms with Crippen molar-refractivity contribution in [2.45, 2.75) is 20.3 Å². The standard InChI is InChI=1S/C9H14N3/c1-3-7-12(4-2)9-5-6-10-8-11-9/h5-6H,3-4,7H2,1-2H3. The van der Waals surface area contributed by atoms with Crippen LogP contribution in [0.4, 0.5) is 5.82 Å². The summed E-state index contributed by atoms with van der Waals surface area (Å²) in [5.74, 6) is 0.967. The van der Waals surface area contributed by atoms with Crippen molar-refractivity contribution >= 4 is 5.82 Å².